The van der Waals surface area contributed by atoms with E-state index in [0.29, 0.717) is 0 Å². The molecule has 3 rings (SSSR count). The molecular weight excluding hydrogens is 236 g/mol. The maximum atomic E-state index is 11.3. The van der Waals surface area contributed by atoms with Crippen molar-refractivity contribution >= 4 is 5.97 Å². The van der Waals surface area contributed by atoms with E-state index in [1.807, 2.05) is 48.5 Å². The number of hydrogen-bond acceptors (Lipinski definition) is 1. The zero-order chi connectivity index (χ0) is 13.3. The predicted molar refractivity (Wildman–Crippen MR) is 74.0 cm³/mol. The van der Waals surface area contributed by atoms with Crippen molar-refractivity contribution in [1.29, 1.82) is 0 Å². The molecule has 0 aromatic heterocycles. The molecule has 1 fully saturated rings. The number of rotatable bonds is 4. The normalized spacial score (nSPS) is 24.9. The number of carboxylic acids is 1. The van der Waals surface area contributed by atoms with Gasteiger partial charge in [-0.2, -0.15) is 0 Å². The minimum absolute atomic E-state index is 0.214. The van der Waals surface area contributed by atoms with Crippen LogP contribution in [0.25, 0.3) is 0 Å². The van der Waals surface area contributed by atoms with E-state index in [2.05, 4.69) is 12.1 Å². The van der Waals surface area contributed by atoms with Gasteiger partial charge >= 0.3 is 5.97 Å². The minimum atomic E-state index is -0.681. The Balaban J connectivity index is 1.94. The lowest BCUT2D eigenvalue weighted by Gasteiger charge is -2.17. The van der Waals surface area contributed by atoms with E-state index in [-0.39, 0.29) is 11.3 Å². The third-order valence-corrected chi connectivity index (χ3v) is 4.08. The number of carbonyl (C=O) groups is 1. The number of benzene rings is 2. The molecule has 1 N–H and O–H groups in total. The molecule has 0 amide bonds. The number of carboxylic acid groups (broad SMARTS) is 1. The first-order valence-electron chi connectivity index (χ1n) is 6.55. The van der Waals surface area contributed by atoms with Gasteiger partial charge in [0.05, 0.1) is 5.92 Å². The summed E-state index contributed by atoms with van der Waals surface area (Å²) in [4.78, 5) is 11.3. The fraction of sp³-hybridized carbons (Fsp3) is 0.235. The van der Waals surface area contributed by atoms with E-state index in [1.54, 1.807) is 0 Å². The molecule has 0 aliphatic heterocycles. The highest BCUT2D eigenvalue weighted by atomic mass is 16.4. The fourth-order valence-corrected chi connectivity index (χ4v) is 2.98. The molecule has 0 bridgehead atoms. The summed E-state index contributed by atoms with van der Waals surface area (Å²) in [6.45, 7) is 0. The van der Waals surface area contributed by atoms with Crippen LogP contribution in [0.2, 0.25) is 0 Å². The molecule has 0 radical (unpaired) electrons. The van der Waals surface area contributed by atoms with Crippen LogP contribution in [0.5, 0.6) is 0 Å². The molecule has 2 aromatic carbocycles. The highest BCUT2D eigenvalue weighted by Gasteiger charge is 2.59. The Kier molecular flexibility index (Phi) is 2.86. The molecule has 2 heteroatoms. The minimum Gasteiger partial charge on any atom is -0.481 e. The molecule has 2 atom stereocenters. The van der Waals surface area contributed by atoms with Gasteiger partial charge < -0.3 is 5.11 Å². The van der Waals surface area contributed by atoms with Gasteiger partial charge in [-0.25, -0.2) is 0 Å². The van der Waals surface area contributed by atoms with Crippen molar-refractivity contribution < 1.29 is 9.90 Å². The van der Waals surface area contributed by atoms with Crippen LogP contribution >= 0.6 is 0 Å². The van der Waals surface area contributed by atoms with Crippen LogP contribution in [-0.2, 0) is 16.6 Å². The Morgan fingerprint density at radius 1 is 1.05 bits per heavy atom. The molecule has 0 saturated heterocycles. The molecule has 96 valence electrons. The average Bonchev–Trinajstić information content (AvgIpc) is 3.17. The smallest absolute Gasteiger partial charge is 0.307 e. The van der Waals surface area contributed by atoms with E-state index in [0.717, 1.165) is 18.4 Å². The van der Waals surface area contributed by atoms with Crippen molar-refractivity contribution in [2.45, 2.75) is 18.3 Å². The van der Waals surface area contributed by atoms with Gasteiger partial charge in [-0.05, 0) is 24.0 Å². The van der Waals surface area contributed by atoms with Gasteiger partial charge in [0.25, 0.3) is 0 Å². The van der Waals surface area contributed by atoms with Crippen LogP contribution in [0.1, 0.15) is 17.5 Å². The third kappa shape index (κ3) is 2.14. The summed E-state index contributed by atoms with van der Waals surface area (Å²) in [5.74, 6) is -0.935. The maximum Gasteiger partial charge on any atom is 0.307 e. The molecule has 0 spiro atoms. The second kappa shape index (κ2) is 4.54. The molecule has 1 saturated carbocycles. The van der Waals surface area contributed by atoms with E-state index in [9.17, 15) is 9.90 Å². The van der Waals surface area contributed by atoms with Crippen LogP contribution in [0.3, 0.4) is 0 Å². The largest absolute Gasteiger partial charge is 0.481 e. The van der Waals surface area contributed by atoms with Gasteiger partial charge in [0, 0.05) is 5.41 Å². The maximum absolute atomic E-state index is 11.3. The zero-order valence-electron chi connectivity index (χ0n) is 10.6. The van der Waals surface area contributed by atoms with Gasteiger partial charge in [-0.1, -0.05) is 60.7 Å². The fourth-order valence-electron chi connectivity index (χ4n) is 2.98. The summed E-state index contributed by atoms with van der Waals surface area (Å²) in [5.41, 5.74) is 2.13. The lowest BCUT2D eigenvalue weighted by molar-refractivity contribution is -0.139. The monoisotopic (exact) mass is 252 g/mol. The van der Waals surface area contributed by atoms with Crippen molar-refractivity contribution in [2.24, 2.45) is 5.92 Å². The first kappa shape index (κ1) is 12.0. The van der Waals surface area contributed by atoms with Crippen LogP contribution in [0.4, 0.5) is 0 Å². The first-order chi connectivity index (χ1) is 9.22. The van der Waals surface area contributed by atoms with Crippen molar-refractivity contribution in [3.05, 3.63) is 71.8 Å². The van der Waals surface area contributed by atoms with Crippen LogP contribution in [-0.4, -0.2) is 11.1 Å². The molecular formula is C17H16O2. The highest BCUT2D eigenvalue weighted by Crippen LogP contribution is 2.56. The van der Waals surface area contributed by atoms with Crippen molar-refractivity contribution in [3.8, 4) is 0 Å². The van der Waals surface area contributed by atoms with E-state index in [4.69, 9.17) is 0 Å². The molecule has 2 unspecified atom stereocenters. The average molecular weight is 252 g/mol. The summed E-state index contributed by atoms with van der Waals surface area (Å²) in [7, 11) is 0. The quantitative estimate of drug-likeness (QED) is 0.906. The first-order valence-corrected chi connectivity index (χ1v) is 6.55. The van der Waals surface area contributed by atoms with E-state index >= 15 is 0 Å². The number of aliphatic carboxylic acids is 1. The van der Waals surface area contributed by atoms with Crippen LogP contribution in [0, 0.1) is 5.92 Å². The second-order valence-corrected chi connectivity index (χ2v) is 5.28. The molecule has 1 aliphatic rings. The van der Waals surface area contributed by atoms with Gasteiger partial charge in [0.1, 0.15) is 0 Å². The predicted octanol–water partition coefficient (Wildman–Crippen LogP) is 3.27. The standard InChI is InChI=1S/C17H16O2/c18-16(19)15-12-17(15,14-9-5-2-6-10-14)11-13-7-3-1-4-8-13/h1-10,15H,11-12H2,(H,18,19). The van der Waals surface area contributed by atoms with Gasteiger partial charge in [-0.15, -0.1) is 0 Å². The SMILES string of the molecule is O=C(O)C1CC1(Cc1ccccc1)c1ccccc1. The molecule has 0 heterocycles. The Hall–Kier alpha value is -2.09. The molecule has 1 aliphatic carbocycles. The van der Waals surface area contributed by atoms with Gasteiger partial charge in [0.15, 0.2) is 0 Å². The Morgan fingerprint density at radius 2 is 1.63 bits per heavy atom. The van der Waals surface area contributed by atoms with E-state index < -0.39 is 5.97 Å². The van der Waals surface area contributed by atoms with Crippen molar-refractivity contribution in [2.75, 3.05) is 0 Å². The lowest BCUT2D eigenvalue weighted by atomic mass is 9.86. The highest BCUT2D eigenvalue weighted by molar-refractivity contribution is 5.77. The molecule has 19 heavy (non-hydrogen) atoms. The summed E-state index contributed by atoms with van der Waals surface area (Å²) < 4.78 is 0. The topological polar surface area (TPSA) is 37.3 Å². The van der Waals surface area contributed by atoms with Crippen LogP contribution in [0.15, 0.2) is 60.7 Å². The summed E-state index contributed by atoms with van der Waals surface area (Å²) >= 11 is 0. The molecule has 2 aromatic rings. The Labute approximate surface area is 112 Å². The Bertz CT molecular complexity index is 577. The Morgan fingerprint density at radius 3 is 2.16 bits per heavy atom. The lowest BCUT2D eigenvalue weighted by Crippen LogP contribution is -2.18. The molecule has 2 nitrogen and oxygen atoms in total. The second-order valence-electron chi connectivity index (χ2n) is 5.28. The number of hydrogen-bond donors (Lipinski definition) is 1. The van der Waals surface area contributed by atoms with Crippen molar-refractivity contribution in [3.63, 3.8) is 0 Å². The van der Waals surface area contributed by atoms with Gasteiger partial charge in [-0.3, -0.25) is 4.79 Å². The third-order valence-electron chi connectivity index (χ3n) is 4.08. The van der Waals surface area contributed by atoms with Crippen LogP contribution < -0.4 is 0 Å². The van der Waals surface area contributed by atoms with Gasteiger partial charge in [0.2, 0.25) is 0 Å². The van der Waals surface area contributed by atoms with Crippen molar-refractivity contribution in [1.82, 2.24) is 0 Å². The van der Waals surface area contributed by atoms with E-state index in [1.165, 1.54) is 5.56 Å². The summed E-state index contributed by atoms with van der Waals surface area (Å²) in [6.07, 6.45) is 1.54. The zero-order valence-corrected chi connectivity index (χ0v) is 10.6. The summed E-state index contributed by atoms with van der Waals surface area (Å²) in [6, 6.07) is 20.2. The summed E-state index contributed by atoms with van der Waals surface area (Å²) in [5, 5.41) is 9.33.